The number of phenols is 1. The van der Waals surface area contributed by atoms with E-state index in [4.69, 9.17) is 0 Å². The number of carbonyl (C=O) groups excluding carboxylic acids is 1. The molecule has 0 saturated heterocycles. The molecular formula is C16H13BrN2O2. The van der Waals surface area contributed by atoms with Gasteiger partial charge in [0.2, 0.25) is 5.91 Å². The topological polar surface area (TPSA) is 54.3 Å². The number of nitrogens with one attached hydrogen (secondary N) is 1. The number of nitrogens with zero attached hydrogens (tertiary/aromatic N) is 1. The number of fused-ring (bicyclic) bond motifs is 1. The number of phenolic OH excluding ortho intramolecular Hbond substituents is 1. The summed E-state index contributed by atoms with van der Waals surface area (Å²) in [6, 6.07) is 14.4. The van der Waals surface area contributed by atoms with Gasteiger partial charge in [-0.15, -0.1) is 0 Å². The molecule has 21 heavy (non-hydrogen) atoms. The summed E-state index contributed by atoms with van der Waals surface area (Å²) in [4.78, 5) is 12.1. The Kier molecular flexibility index (Phi) is 3.66. The van der Waals surface area contributed by atoms with Crippen LogP contribution >= 0.6 is 15.9 Å². The maximum Gasteiger partial charge on any atom is 0.244 e. The molecule has 0 aliphatic rings. The summed E-state index contributed by atoms with van der Waals surface area (Å²) in [5.74, 6) is -0.0128. The van der Waals surface area contributed by atoms with Gasteiger partial charge in [0.25, 0.3) is 0 Å². The second kappa shape index (κ2) is 5.61. The van der Waals surface area contributed by atoms with E-state index >= 15 is 0 Å². The molecule has 0 radical (unpaired) electrons. The number of anilines is 1. The third-order valence-corrected chi connectivity index (χ3v) is 3.90. The van der Waals surface area contributed by atoms with E-state index in [2.05, 4.69) is 21.2 Å². The highest BCUT2D eigenvalue weighted by Crippen LogP contribution is 2.24. The van der Waals surface area contributed by atoms with Crippen molar-refractivity contribution in [2.24, 2.45) is 0 Å². The normalized spacial score (nSPS) is 10.7. The molecule has 0 atom stereocenters. The molecule has 3 rings (SSSR count). The first kappa shape index (κ1) is 13.7. The fourth-order valence-electron chi connectivity index (χ4n) is 2.26. The van der Waals surface area contributed by atoms with E-state index in [1.165, 1.54) is 6.07 Å². The van der Waals surface area contributed by atoms with E-state index < -0.39 is 0 Å². The number of carbonyl (C=O) groups is 1. The van der Waals surface area contributed by atoms with E-state index in [1.807, 2.05) is 35.0 Å². The first-order valence-corrected chi connectivity index (χ1v) is 7.25. The number of aromatic hydroxyl groups is 1. The lowest BCUT2D eigenvalue weighted by Gasteiger charge is -2.08. The number of amides is 1. The van der Waals surface area contributed by atoms with Gasteiger partial charge in [-0.05, 0) is 30.3 Å². The van der Waals surface area contributed by atoms with Crippen molar-refractivity contribution in [3.63, 3.8) is 0 Å². The lowest BCUT2D eigenvalue weighted by molar-refractivity contribution is -0.116. The molecular weight excluding hydrogens is 332 g/mol. The van der Waals surface area contributed by atoms with Gasteiger partial charge in [0.1, 0.15) is 12.3 Å². The molecule has 0 fully saturated rings. The Balaban J connectivity index is 1.79. The number of benzene rings is 2. The minimum atomic E-state index is -0.141. The van der Waals surface area contributed by atoms with Crippen LogP contribution in [0.3, 0.4) is 0 Å². The van der Waals surface area contributed by atoms with Gasteiger partial charge in [-0.3, -0.25) is 4.79 Å². The zero-order valence-corrected chi connectivity index (χ0v) is 12.7. The Morgan fingerprint density at radius 2 is 2.00 bits per heavy atom. The third kappa shape index (κ3) is 2.92. The fourth-order valence-corrected chi connectivity index (χ4v) is 2.75. The van der Waals surface area contributed by atoms with Crippen LogP contribution in [0.5, 0.6) is 5.75 Å². The fraction of sp³-hybridized carbons (Fsp3) is 0.0625. The SMILES string of the molecule is O=C(Cn1ccc2c(Br)cccc21)Nc1cccc(O)c1. The monoisotopic (exact) mass is 344 g/mol. The highest BCUT2D eigenvalue weighted by atomic mass is 79.9. The lowest BCUT2D eigenvalue weighted by Crippen LogP contribution is -2.18. The van der Waals surface area contributed by atoms with E-state index in [9.17, 15) is 9.90 Å². The molecule has 3 aromatic rings. The summed E-state index contributed by atoms with van der Waals surface area (Å²) in [7, 11) is 0. The molecule has 1 heterocycles. The second-order valence-electron chi connectivity index (χ2n) is 4.71. The number of hydrogen-bond acceptors (Lipinski definition) is 2. The van der Waals surface area contributed by atoms with Crippen LogP contribution in [0.15, 0.2) is 59.2 Å². The summed E-state index contributed by atoms with van der Waals surface area (Å²) >= 11 is 3.50. The van der Waals surface area contributed by atoms with Gasteiger partial charge < -0.3 is 15.0 Å². The zero-order chi connectivity index (χ0) is 14.8. The Bertz CT molecular complexity index is 811. The van der Waals surface area contributed by atoms with Gasteiger partial charge in [0.15, 0.2) is 0 Å². The van der Waals surface area contributed by atoms with Gasteiger partial charge in [-0.25, -0.2) is 0 Å². The van der Waals surface area contributed by atoms with E-state index in [-0.39, 0.29) is 18.2 Å². The Morgan fingerprint density at radius 1 is 1.19 bits per heavy atom. The van der Waals surface area contributed by atoms with Crippen molar-refractivity contribution in [1.29, 1.82) is 0 Å². The van der Waals surface area contributed by atoms with Crippen LogP contribution in [-0.2, 0) is 11.3 Å². The molecule has 1 aromatic heterocycles. The molecule has 2 aromatic carbocycles. The van der Waals surface area contributed by atoms with Gasteiger partial charge in [-0.1, -0.05) is 28.1 Å². The lowest BCUT2D eigenvalue weighted by atomic mass is 10.2. The molecule has 1 amide bonds. The maximum absolute atomic E-state index is 12.1. The van der Waals surface area contributed by atoms with Crippen molar-refractivity contribution >= 4 is 38.4 Å². The molecule has 0 saturated carbocycles. The second-order valence-corrected chi connectivity index (χ2v) is 5.57. The molecule has 2 N–H and O–H groups in total. The summed E-state index contributed by atoms with van der Waals surface area (Å²) in [6.45, 7) is 0.218. The first-order valence-electron chi connectivity index (χ1n) is 6.46. The van der Waals surface area contributed by atoms with Gasteiger partial charge in [0, 0.05) is 33.3 Å². The first-order chi connectivity index (χ1) is 10.1. The van der Waals surface area contributed by atoms with E-state index in [1.54, 1.807) is 18.2 Å². The highest BCUT2D eigenvalue weighted by Gasteiger charge is 2.08. The summed E-state index contributed by atoms with van der Waals surface area (Å²) in [6.07, 6.45) is 1.89. The van der Waals surface area contributed by atoms with Crippen molar-refractivity contribution in [3.05, 3.63) is 59.2 Å². The average Bonchev–Trinajstić information content (AvgIpc) is 2.83. The molecule has 106 valence electrons. The Labute approximate surface area is 130 Å². The molecule has 0 aliphatic heterocycles. The van der Waals surface area contributed by atoms with Crippen molar-refractivity contribution in [3.8, 4) is 5.75 Å². The quantitative estimate of drug-likeness (QED) is 0.760. The van der Waals surface area contributed by atoms with Crippen molar-refractivity contribution in [1.82, 2.24) is 4.57 Å². The molecule has 4 nitrogen and oxygen atoms in total. The van der Waals surface area contributed by atoms with Crippen LogP contribution in [0.1, 0.15) is 0 Å². The average molecular weight is 345 g/mol. The summed E-state index contributed by atoms with van der Waals surface area (Å²) < 4.78 is 2.89. The molecule has 0 spiro atoms. The maximum atomic E-state index is 12.1. The van der Waals surface area contributed by atoms with Crippen molar-refractivity contribution in [2.75, 3.05) is 5.32 Å². The number of hydrogen-bond donors (Lipinski definition) is 2. The Morgan fingerprint density at radius 3 is 2.81 bits per heavy atom. The minimum Gasteiger partial charge on any atom is -0.508 e. The van der Waals surface area contributed by atoms with Gasteiger partial charge in [0.05, 0.1) is 0 Å². The molecule has 5 heteroatoms. The zero-order valence-electron chi connectivity index (χ0n) is 11.1. The standard InChI is InChI=1S/C16H13BrN2O2/c17-14-5-2-6-15-13(14)7-8-19(15)10-16(21)18-11-3-1-4-12(20)9-11/h1-9,20H,10H2,(H,18,21). The molecule has 0 aliphatic carbocycles. The van der Waals surface area contributed by atoms with Crippen LogP contribution in [0.25, 0.3) is 10.9 Å². The minimum absolute atomic E-state index is 0.128. The largest absolute Gasteiger partial charge is 0.508 e. The van der Waals surface area contributed by atoms with Crippen LogP contribution in [0, 0.1) is 0 Å². The molecule has 0 unspecified atom stereocenters. The van der Waals surface area contributed by atoms with Crippen LogP contribution in [0.4, 0.5) is 5.69 Å². The van der Waals surface area contributed by atoms with Crippen molar-refractivity contribution in [2.45, 2.75) is 6.54 Å². The Hall–Kier alpha value is -2.27. The van der Waals surface area contributed by atoms with Gasteiger partial charge >= 0.3 is 0 Å². The number of halogens is 1. The smallest absolute Gasteiger partial charge is 0.244 e. The van der Waals surface area contributed by atoms with Crippen LogP contribution in [0.2, 0.25) is 0 Å². The molecule has 0 bridgehead atoms. The van der Waals surface area contributed by atoms with Crippen LogP contribution in [-0.4, -0.2) is 15.6 Å². The van der Waals surface area contributed by atoms with Crippen molar-refractivity contribution < 1.29 is 9.90 Å². The number of aromatic nitrogens is 1. The predicted molar refractivity (Wildman–Crippen MR) is 86.4 cm³/mol. The van der Waals surface area contributed by atoms with E-state index in [0.29, 0.717) is 5.69 Å². The third-order valence-electron chi connectivity index (χ3n) is 3.20. The van der Waals surface area contributed by atoms with Gasteiger partial charge in [-0.2, -0.15) is 0 Å². The van der Waals surface area contributed by atoms with Crippen LogP contribution < -0.4 is 5.32 Å². The highest BCUT2D eigenvalue weighted by molar-refractivity contribution is 9.10. The predicted octanol–water partition coefficient (Wildman–Crippen LogP) is 3.75. The van der Waals surface area contributed by atoms with E-state index in [0.717, 1.165) is 15.4 Å². The summed E-state index contributed by atoms with van der Waals surface area (Å²) in [5.41, 5.74) is 1.58. The number of rotatable bonds is 3. The summed E-state index contributed by atoms with van der Waals surface area (Å²) in [5, 5.41) is 13.2.